The Bertz CT molecular complexity index is 127. The lowest BCUT2D eigenvalue weighted by Gasteiger charge is -2.07. The van der Waals surface area contributed by atoms with Gasteiger partial charge < -0.3 is 9.47 Å². The first-order valence-corrected chi connectivity index (χ1v) is 3.21. The summed E-state index contributed by atoms with van der Waals surface area (Å²) in [6, 6.07) is 0. The van der Waals surface area contributed by atoms with Gasteiger partial charge in [0.1, 0.15) is 0 Å². The van der Waals surface area contributed by atoms with Gasteiger partial charge in [-0.1, -0.05) is 0 Å². The van der Waals surface area contributed by atoms with E-state index in [0.717, 1.165) is 11.5 Å². The molecule has 0 N–H and O–H groups in total. The Labute approximate surface area is 62.1 Å². The molecule has 2 heteroatoms. The highest BCUT2D eigenvalue weighted by atomic mass is 16.5. The first kappa shape index (κ1) is 9.08. The molecule has 0 saturated carbocycles. The van der Waals surface area contributed by atoms with Gasteiger partial charge in [-0.05, 0) is 26.0 Å². The van der Waals surface area contributed by atoms with E-state index < -0.39 is 0 Å². The highest BCUT2D eigenvalue weighted by Crippen LogP contribution is 2.09. The summed E-state index contributed by atoms with van der Waals surface area (Å²) in [5, 5.41) is 0. The van der Waals surface area contributed by atoms with E-state index in [-0.39, 0.29) is 0 Å². The Morgan fingerprint density at radius 2 is 1.20 bits per heavy atom. The zero-order valence-corrected chi connectivity index (χ0v) is 6.97. The molecular weight excluding hydrogens is 128 g/mol. The van der Waals surface area contributed by atoms with Crippen molar-refractivity contribution < 1.29 is 9.47 Å². The standard InChI is InChI=1S/C8H14O2/c1-5-7(9-3)8(6-2)10-4/h5-6H,1-4H3. The summed E-state index contributed by atoms with van der Waals surface area (Å²) in [7, 11) is 3.25. The van der Waals surface area contributed by atoms with Crippen LogP contribution in [-0.4, -0.2) is 14.2 Å². The maximum Gasteiger partial charge on any atom is 0.156 e. The molecule has 0 aliphatic heterocycles. The van der Waals surface area contributed by atoms with Crippen LogP contribution in [0.2, 0.25) is 0 Å². The summed E-state index contributed by atoms with van der Waals surface area (Å²) in [5.74, 6) is 1.54. The van der Waals surface area contributed by atoms with E-state index in [1.807, 2.05) is 26.0 Å². The fraction of sp³-hybridized carbons (Fsp3) is 0.500. The zero-order valence-electron chi connectivity index (χ0n) is 6.97. The predicted molar refractivity (Wildman–Crippen MR) is 41.5 cm³/mol. The van der Waals surface area contributed by atoms with Crippen molar-refractivity contribution in [2.24, 2.45) is 0 Å². The van der Waals surface area contributed by atoms with E-state index >= 15 is 0 Å². The van der Waals surface area contributed by atoms with Gasteiger partial charge in [-0.3, -0.25) is 0 Å². The predicted octanol–water partition coefficient (Wildman–Crippen LogP) is 2.09. The van der Waals surface area contributed by atoms with E-state index in [9.17, 15) is 0 Å². The Kier molecular flexibility index (Phi) is 4.46. The van der Waals surface area contributed by atoms with Gasteiger partial charge in [0.2, 0.25) is 0 Å². The van der Waals surface area contributed by atoms with Crippen molar-refractivity contribution in [1.29, 1.82) is 0 Å². The summed E-state index contributed by atoms with van der Waals surface area (Å²) in [4.78, 5) is 0. The number of methoxy groups -OCH3 is 2. The lowest BCUT2D eigenvalue weighted by molar-refractivity contribution is 0.219. The SMILES string of the molecule is CC=C(OC)C(=CC)OC. The number of ether oxygens (including phenoxy) is 2. The number of hydrogen-bond acceptors (Lipinski definition) is 2. The molecule has 0 radical (unpaired) electrons. The second-order valence-electron chi connectivity index (χ2n) is 1.71. The summed E-state index contributed by atoms with van der Waals surface area (Å²) >= 11 is 0. The molecule has 0 aliphatic carbocycles. The largest absolute Gasteiger partial charge is 0.493 e. The third-order valence-corrected chi connectivity index (χ3v) is 1.21. The van der Waals surface area contributed by atoms with Gasteiger partial charge in [0.15, 0.2) is 11.5 Å². The highest BCUT2D eigenvalue weighted by molar-refractivity contribution is 5.18. The Morgan fingerprint density at radius 1 is 0.900 bits per heavy atom. The average Bonchev–Trinajstić information content (AvgIpc) is 2.00. The van der Waals surface area contributed by atoms with Crippen LogP contribution in [0.25, 0.3) is 0 Å². The molecule has 0 bridgehead atoms. The summed E-state index contributed by atoms with van der Waals surface area (Å²) in [6.45, 7) is 3.81. The quantitative estimate of drug-likeness (QED) is 0.443. The van der Waals surface area contributed by atoms with Gasteiger partial charge in [-0.25, -0.2) is 0 Å². The normalized spacial score (nSPS) is 13.2. The van der Waals surface area contributed by atoms with Crippen LogP contribution in [0, 0.1) is 0 Å². The first-order chi connectivity index (χ1) is 4.79. The molecular formula is C8H14O2. The minimum Gasteiger partial charge on any atom is -0.493 e. The van der Waals surface area contributed by atoms with Crippen molar-refractivity contribution in [2.75, 3.05) is 14.2 Å². The number of allylic oxidation sites excluding steroid dienone is 2. The summed E-state index contributed by atoms with van der Waals surface area (Å²) < 4.78 is 10.0. The highest BCUT2D eigenvalue weighted by Gasteiger charge is 1.99. The van der Waals surface area contributed by atoms with Gasteiger partial charge in [0.25, 0.3) is 0 Å². The fourth-order valence-corrected chi connectivity index (χ4v) is 0.721. The van der Waals surface area contributed by atoms with Gasteiger partial charge in [-0.2, -0.15) is 0 Å². The maximum atomic E-state index is 5.01. The smallest absolute Gasteiger partial charge is 0.156 e. The monoisotopic (exact) mass is 142 g/mol. The van der Waals surface area contributed by atoms with E-state index in [4.69, 9.17) is 9.47 Å². The van der Waals surface area contributed by atoms with Crippen LogP contribution < -0.4 is 0 Å². The molecule has 0 aromatic carbocycles. The van der Waals surface area contributed by atoms with Crippen LogP contribution in [-0.2, 0) is 9.47 Å². The minimum absolute atomic E-state index is 0.769. The maximum absolute atomic E-state index is 5.01. The number of hydrogen-bond donors (Lipinski definition) is 0. The molecule has 0 aromatic heterocycles. The third-order valence-electron chi connectivity index (χ3n) is 1.21. The molecule has 0 rings (SSSR count). The number of rotatable bonds is 3. The fourth-order valence-electron chi connectivity index (χ4n) is 0.721. The molecule has 0 heterocycles. The molecule has 0 fully saturated rings. The molecule has 0 atom stereocenters. The molecule has 10 heavy (non-hydrogen) atoms. The third kappa shape index (κ3) is 2.13. The lowest BCUT2D eigenvalue weighted by Crippen LogP contribution is -1.93. The van der Waals surface area contributed by atoms with Gasteiger partial charge in [-0.15, -0.1) is 0 Å². The van der Waals surface area contributed by atoms with Crippen molar-refractivity contribution in [1.82, 2.24) is 0 Å². The first-order valence-electron chi connectivity index (χ1n) is 3.21. The molecule has 0 spiro atoms. The van der Waals surface area contributed by atoms with Gasteiger partial charge in [0, 0.05) is 0 Å². The Balaban J connectivity index is 4.27. The van der Waals surface area contributed by atoms with Crippen molar-refractivity contribution in [3.05, 3.63) is 23.7 Å². The molecule has 0 amide bonds. The molecule has 0 aliphatic rings. The summed E-state index contributed by atoms with van der Waals surface area (Å²) in [5.41, 5.74) is 0. The van der Waals surface area contributed by atoms with Crippen molar-refractivity contribution in [2.45, 2.75) is 13.8 Å². The van der Waals surface area contributed by atoms with Crippen LogP contribution in [0.4, 0.5) is 0 Å². The molecule has 2 nitrogen and oxygen atoms in total. The van der Waals surface area contributed by atoms with E-state index in [0.29, 0.717) is 0 Å². The molecule has 58 valence electrons. The second kappa shape index (κ2) is 4.91. The summed E-state index contributed by atoms with van der Waals surface area (Å²) in [6.07, 6.45) is 3.72. The van der Waals surface area contributed by atoms with E-state index in [1.165, 1.54) is 0 Å². The molecule has 0 saturated heterocycles. The van der Waals surface area contributed by atoms with E-state index in [1.54, 1.807) is 14.2 Å². The minimum atomic E-state index is 0.769. The van der Waals surface area contributed by atoms with E-state index in [2.05, 4.69) is 0 Å². The zero-order chi connectivity index (χ0) is 7.98. The van der Waals surface area contributed by atoms with Crippen molar-refractivity contribution in [3.8, 4) is 0 Å². The molecule has 0 aromatic rings. The second-order valence-corrected chi connectivity index (χ2v) is 1.71. The topological polar surface area (TPSA) is 18.5 Å². The molecule has 0 unspecified atom stereocenters. The van der Waals surface area contributed by atoms with Crippen LogP contribution in [0.3, 0.4) is 0 Å². The van der Waals surface area contributed by atoms with Crippen LogP contribution in [0.1, 0.15) is 13.8 Å². The van der Waals surface area contributed by atoms with Gasteiger partial charge in [0.05, 0.1) is 14.2 Å². The van der Waals surface area contributed by atoms with Crippen LogP contribution in [0.5, 0.6) is 0 Å². The van der Waals surface area contributed by atoms with Gasteiger partial charge >= 0.3 is 0 Å². The van der Waals surface area contributed by atoms with Crippen molar-refractivity contribution in [3.63, 3.8) is 0 Å². The van der Waals surface area contributed by atoms with Crippen LogP contribution in [0.15, 0.2) is 23.7 Å². The Morgan fingerprint density at radius 3 is 1.30 bits per heavy atom. The van der Waals surface area contributed by atoms with Crippen LogP contribution >= 0.6 is 0 Å². The van der Waals surface area contributed by atoms with Crippen molar-refractivity contribution >= 4 is 0 Å². The average molecular weight is 142 g/mol. The Hall–Kier alpha value is -0.920. The lowest BCUT2D eigenvalue weighted by atomic mass is 10.3.